The predicted molar refractivity (Wildman–Crippen MR) is 66.8 cm³/mol. The van der Waals surface area contributed by atoms with Crippen molar-refractivity contribution in [1.29, 1.82) is 0 Å². The van der Waals surface area contributed by atoms with Crippen LogP contribution in [0.1, 0.15) is 56.0 Å². The average Bonchev–Trinajstić information content (AvgIpc) is 2.71. The number of amides is 1. The monoisotopic (exact) mass is 235 g/mol. The van der Waals surface area contributed by atoms with Crippen LogP contribution in [-0.2, 0) is 0 Å². The van der Waals surface area contributed by atoms with Crippen molar-refractivity contribution in [2.45, 2.75) is 51.5 Å². The number of hydrogen-bond acceptors (Lipinski definition) is 2. The van der Waals surface area contributed by atoms with E-state index in [1.165, 1.54) is 44.8 Å². The third kappa shape index (κ3) is 3.35. The van der Waals surface area contributed by atoms with Gasteiger partial charge in [-0.25, -0.2) is 0 Å². The van der Waals surface area contributed by atoms with Crippen LogP contribution in [0, 0.1) is 5.92 Å². The highest BCUT2D eigenvalue weighted by Gasteiger charge is 2.21. The molecule has 94 valence electrons. The fourth-order valence-corrected chi connectivity index (χ4v) is 2.61. The smallest absolute Gasteiger partial charge is 0.287 e. The van der Waals surface area contributed by atoms with Crippen molar-refractivity contribution in [3.05, 3.63) is 24.2 Å². The van der Waals surface area contributed by atoms with Gasteiger partial charge in [0, 0.05) is 6.04 Å². The maximum Gasteiger partial charge on any atom is 0.287 e. The number of hydrogen-bond donors (Lipinski definition) is 1. The van der Waals surface area contributed by atoms with E-state index in [2.05, 4.69) is 12.2 Å². The maximum absolute atomic E-state index is 11.8. The fraction of sp³-hybridized carbons (Fsp3) is 0.643. The van der Waals surface area contributed by atoms with Crippen molar-refractivity contribution >= 4 is 5.91 Å². The Bertz CT molecular complexity index is 337. The van der Waals surface area contributed by atoms with E-state index < -0.39 is 0 Å². The largest absolute Gasteiger partial charge is 0.459 e. The SMILES string of the molecule is C[C@@H](NC(=O)c1ccco1)C1CCCCCC1. The molecule has 1 atom stereocenters. The summed E-state index contributed by atoms with van der Waals surface area (Å²) in [5, 5.41) is 3.05. The van der Waals surface area contributed by atoms with Crippen LogP contribution in [0.4, 0.5) is 0 Å². The van der Waals surface area contributed by atoms with E-state index in [0.717, 1.165) is 0 Å². The molecule has 3 heteroatoms. The van der Waals surface area contributed by atoms with E-state index in [4.69, 9.17) is 4.42 Å². The minimum absolute atomic E-state index is 0.0910. The van der Waals surface area contributed by atoms with Crippen LogP contribution in [0.5, 0.6) is 0 Å². The summed E-state index contributed by atoms with van der Waals surface area (Å²) in [6.45, 7) is 2.11. The molecule has 3 nitrogen and oxygen atoms in total. The van der Waals surface area contributed by atoms with Crippen LogP contribution in [0.2, 0.25) is 0 Å². The molecule has 1 aliphatic rings. The summed E-state index contributed by atoms with van der Waals surface area (Å²) in [7, 11) is 0. The molecule has 1 aromatic heterocycles. The molecule has 0 saturated heterocycles. The molecule has 1 aromatic rings. The summed E-state index contributed by atoms with van der Waals surface area (Å²) in [5.41, 5.74) is 0. The molecular formula is C14H21NO2. The molecule has 2 rings (SSSR count). The van der Waals surface area contributed by atoms with Gasteiger partial charge in [-0.2, -0.15) is 0 Å². The second kappa shape index (κ2) is 5.89. The predicted octanol–water partition coefficient (Wildman–Crippen LogP) is 3.37. The molecule has 17 heavy (non-hydrogen) atoms. The maximum atomic E-state index is 11.8. The highest BCUT2D eigenvalue weighted by Crippen LogP contribution is 2.25. The van der Waals surface area contributed by atoms with E-state index in [1.807, 2.05) is 0 Å². The Labute approximate surface area is 103 Å². The molecule has 1 aliphatic carbocycles. The highest BCUT2D eigenvalue weighted by atomic mass is 16.3. The molecule has 1 fully saturated rings. The summed E-state index contributed by atoms with van der Waals surface area (Å²) in [6, 6.07) is 3.69. The Hall–Kier alpha value is -1.25. The van der Waals surface area contributed by atoms with Gasteiger partial charge < -0.3 is 9.73 Å². The number of furan rings is 1. The minimum Gasteiger partial charge on any atom is -0.459 e. The van der Waals surface area contributed by atoms with Crippen LogP contribution < -0.4 is 5.32 Å². The summed E-state index contributed by atoms with van der Waals surface area (Å²) >= 11 is 0. The molecule has 0 aliphatic heterocycles. The van der Waals surface area contributed by atoms with Crippen LogP contribution in [0.25, 0.3) is 0 Å². The third-order valence-corrected chi connectivity index (χ3v) is 3.71. The zero-order valence-corrected chi connectivity index (χ0v) is 10.4. The Morgan fingerprint density at radius 3 is 2.65 bits per heavy atom. The number of carbonyl (C=O) groups is 1. The summed E-state index contributed by atoms with van der Waals surface area (Å²) in [4.78, 5) is 11.8. The van der Waals surface area contributed by atoms with E-state index in [0.29, 0.717) is 11.7 Å². The second-order valence-corrected chi connectivity index (χ2v) is 4.99. The summed E-state index contributed by atoms with van der Waals surface area (Å²) in [6.07, 6.45) is 9.28. The topological polar surface area (TPSA) is 42.2 Å². The normalized spacial score (nSPS) is 19.6. The zero-order chi connectivity index (χ0) is 12.1. The van der Waals surface area contributed by atoms with Gasteiger partial charge in [0.05, 0.1) is 6.26 Å². The van der Waals surface area contributed by atoms with E-state index >= 15 is 0 Å². The molecular weight excluding hydrogens is 214 g/mol. The van der Waals surface area contributed by atoms with Crippen LogP contribution in [0.3, 0.4) is 0 Å². The van der Waals surface area contributed by atoms with Crippen molar-refractivity contribution in [3.63, 3.8) is 0 Å². The van der Waals surface area contributed by atoms with E-state index in [-0.39, 0.29) is 11.9 Å². The second-order valence-electron chi connectivity index (χ2n) is 4.99. The van der Waals surface area contributed by atoms with Crippen molar-refractivity contribution in [2.75, 3.05) is 0 Å². The standard InChI is InChI=1S/C14H21NO2/c1-11(12-7-4-2-3-5-8-12)15-14(16)13-9-6-10-17-13/h6,9-12H,2-5,7-8H2,1H3,(H,15,16)/t11-/m1/s1. The number of carbonyl (C=O) groups excluding carboxylic acids is 1. The number of nitrogens with one attached hydrogen (secondary N) is 1. The minimum atomic E-state index is -0.0910. The first-order valence-corrected chi connectivity index (χ1v) is 6.62. The zero-order valence-electron chi connectivity index (χ0n) is 10.4. The Morgan fingerprint density at radius 1 is 1.35 bits per heavy atom. The first-order chi connectivity index (χ1) is 8.27. The molecule has 1 saturated carbocycles. The Balaban J connectivity index is 1.87. The summed E-state index contributed by atoms with van der Waals surface area (Å²) < 4.78 is 5.10. The molecule has 1 amide bonds. The van der Waals surface area contributed by atoms with Crippen LogP contribution in [-0.4, -0.2) is 11.9 Å². The average molecular weight is 235 g/mol. The van der Waals surface area contributed by atoms with Crippen molar-refractivity contribution in [2.24, 2.45) is 5.92 Å². The lowest BCUT2D eigenvalue weighted by Crippen LogP contribution is -2.37. The Kier molecular flexibility index (Phi) is 4.24. The summed E-state index contributed by atoms with van der Waals surface area (Å²) in [5.74, 6) is 0.939. The van der Waals surface area contributed by atoms with Gasteiger partial charge >= 0.3 is 0 Å². The lowest BCUT2D eigenvalue weighted by atomic mass is 9.93. The first kappa shape index (κ1) is 12.2. The Morgan fingerprint density at radius 2 is 2.06 bits per heavy atom. The lowest BCUT2D eigenvalue weighted by Gasteiger charge is -2.23. The third-order valence-electron chi connectivity index (χ3n) is 3.71. The van der Waals surface area contributed by atoms with Crippen LogP contribution in [0.15, 0.2) is 22.8 Å². The van der Waals surface area contributed by atoms with Crippen LogP contribution >= 0.6 is 0 Å². The van der Waals surface area contributed by atoms with Crippen molar-refractivity contribution < 1.29 is 9.21 Å². The molecule has 0 radical (unpaired) electrons. The molecule has 0 unspecified atom stereocenters. The molecule has 0 bridgehead atoms. The lowest BCUT2D eigenvalue weighted by molar-refractivity contribution is 0.0895. The van der Waals surface area contributed by atoms with Crippen molar-refractivity contribution in [1.82, 2.24) is 5.32 Å². The molecule has 0 aromatic carbocycles. The molecule has 1 heterocycles. The highest BCUT2D eigenvalue weighted by molar-refractivity contribution is 5.91. The van der Waals surface area contributed by atoms with Gasteiger partial charge in [-0.3, -0.25) is 4.79 Å². The van der Waals surface area contributed by atoms with Gasteiger partial charge in [-0.15, -0.1) is 0 Å². The van der Waals surface area contributed by atoms with Gasteiger partial charge in [-0.05, 0) is 37.8 Å². The quantitative estimate of drug-likeness (QED) is 0.816. The fourth-order valence-electron chi connectivity index (χ4n) is 2.61. The molecule has 1 N–H and O–H groups in total. The van der Waals surface area contributed by atoms with E-state index in [9.17, 15) is 4.79 Å². The number of rotatable bonds is 3. The van der Waals surface area contributed by atoms with Gasteiger partial charge in [-0.1, -0.05) is 25.7 Å². The van der Waals surface area contributed by atoms with Crippen molar-refractivity contribution in [3.8, 4) is 0 Å². The van der Waals surface area contributed by atoms with E-state index in [1.54, 1.807) is 12.1 Å². The molecule has 0 spiro atoms. The van der Waals surface area contributed by atoms with Gasteiger partial charge in [0.25, 0.3) is 5.91 Å². The first-order valence-electron chi connectivity index (χ1n) is 6.62. The van der Waals surface area contributed by atoms with Gasteiger partial charge in [0.2, 0.25) is 0 Å². The van der Waals surface area contributed by atoms with Gasteiger partial charge in [0.1, 0.15) is 0 Å². The van der Waals surface area contributed by atoms with Gasteiger partial charge in [0.15, 0.2) is 5.76 Å².